The number of amides is 1. The molecule has 0 aliphatic heterocycles. The molecule has 0 radical (unpaired) electrons. The Morgan fingerprint density at radius 1 is 1.25 bits per heavy atom. The van der Waals surface area contributed by atoms with Crippen molar-refractivity contribution in [2.75, 3.05) is 5.32 Å². The molecule has 1 atom stereocenters. The zero-order valence-corrected chi connectivity index (χ0v) is 12.2. The van der Waals surface area contributed by atoms with Crippen molar-refractivity contribution in [1.29, 1.82) is 0 Å². The van der Waals surface area contributed by atoms with Gasteiger partial charge < -0.3 is 11.1 Å². The van der Waals surface area contributed by atoms with E-state index < -0.39 is 6.04 Å². The summed E-state index contributed by atoms with van der Waals surface area (Å²) in [6, 6.07) is 12.9. The van der Waals surface area contributed by atoms with Gasteiger partial charge in [-0.25, -0.2) is 4.39 Å². The van der Waals surface area contributed by atoms with Crippen LogP contribution in [0.2, 0.25) is 0 Å². The standard InChI is InChI=1S/C15H14BrFN2O/c16-12-9-11(17)6-7-14(12)19-15(20)13(18)8-10-4-2-1-3-5-10/h1-7,9,13H,8,18H2,(H,19,20). The molecule has 0 heterocycles. The van der Waals surface area contributed by atoms with E-state index in [0.29, 0.717) is 16.6 Å². The van der Waals surface area contributed by atoms with Crippen molar-refractivity contribution in [2.45, 2.75) is 12.5 Å². The summed E-state index contributed by atoms with van der Waals surface area (Å²) in [4.78, 5) is 12.0. The average molecular weight is 337 g/mol. The summed E-state index contributed by atoms with van der Waals surface area (Å²) in [5, 5.41) is 2.68. The van der Waals surface area contributed by atoms with Crippen molar-refractivity contribution in [3.63, 3.8) is 0 Å². The van der Waals surface area contributed by atoms with Gasteiger partial charge in [-0.3, -0.25) is 4.79 Å². The Bertz CT molecular complexity index is 604. The molecule has 2 aromatic carbocycles. The summed E-state index contributed by atoms with van der Waals surface area (Å²) in [6.07, 6.45) is 0.450. The predicted molar refractivity (Wildman–Crippen MR) is 80.9 cm³/mol. The summed E-state index contributed by atoms with van der Waals surface area (Å²) >= 11 is 3.20. The SMILES string of the molecule is NC(Cc1ccccc1)C(=O)Nc1ccc(F)cc1Br. The Balaban J connectivity index is 2.01. The van der Waals surface area contributed by atoms with Crippen molar-refractivity contribution in [1.82, 2.24) is 0 Å². The first-order valence-corrected chi connectivity index (χ1v) is 6.91. The highest BCUT2D eigenvalue weighted by atomic mass is 79.9. The summed E-state index contributed by atoms with van der Waals surface area (Å²) in [5.41, 5.74) is 7.37. The molecule has 3 N–H and O–H groups in total. The number of halogens is 2. The maximum absolute atomic E-state index is 13.0. The van der Waals surface area contributed by atoms with E-state index in [-0.39, 0.29) is 11.7 Å². The number of carbonyl (C=O) groups excluding carboxylic acids is 1. The second-order valence-electron chi connectivity index (χ2n) is 4.41. The van der Waals surface area contributed by atoms with Crippen LogP contribution in [-0.4, -0.2) is 11.9 Å². The summed E-state index contributed by atoms with van der Waals surface area (Å²) in [5.74, 6) is -0.676. The second kappa shape index (κ2) is 6.63. The Labute approximate surface area is 125 Å². The van der Waals surface area contributed by atoms with E-state index in [4.69, 9.17) is 5.73 Å². The van der Waals surface area contributed by atoms with Gasteiger partial charge in [0.15, 0.2) is 0 Å². The first-order chi connectivity index (χ1) is 9.56. The van der Waals surface area contributed by atoms with Gasteiger partial charge in [0.2, 0.25) is 5.91 Å². The highest BCUT2D eigenvalue weighted by Crippen LogP contribution is 2.23. The Morgan fingerprint density at radius 3 is 2.60 bits per heavy atom. The molecule has 0 aliphatic rings. The number of rotatable bonds is 4. The minimum absolute atomic E-state index is 0.304. The largest absolute Gasteiger partial charge is 0.324 e. The molecular formula is C15H14BrFN2O. The molecule has 0 saturated heterocycles. The molecule has 0 saturated carbocycles. The van der Waals surface area contributed by atoms with E-state index in [0.717, 1.165) is 5.56 Å². The average Bonchev–Trinajstić information content (AvgIpc) is 2.43. The maximum Gasteiger partial charge on any atom is 0.241 e. The normalized spacial score (nSPS) is 11.9. The van der Waals surface area contributed by atoms with Crippen molar-refractivity contribution in [3.8, 4) is 0 Å². The molecular weight excluding hydrogens is 323 g/mol. The number of anilines is 1. The van der Waals surface area contributed by atoms with Crippen molar-refractivity contribution in [2.24, 2.45) is 5.73 Å². The van der Waals surface area contributed by atoms with Crippen molar-refractivity contribution < 1.29 is 9.18 Å². The van der Waals surface area contributed by atoms with Gasteiger partial charge in [0.1, 0.15) is 5.82 Å². The molecule has 3 nitrogen and oxygen atoms in total. The predicted octanol–water partition coefficient (Wildman–Crippen LogP) is 3.10. The number of nitrogens with two attached hydrogens (primary N) is 1. The zero-order valence-electron chi connectivity index (χ0n) is 10.6. The van der Waals surface area contributed by atoms with Crippen LogP contribution >= 0.6 is 15.9 Å². The van der Waals surface area contributed by atoms with Crippen LogP contribution in [0.15, 0.2) is 53.0 Å². The fourth-order valence-corrected chi connectivity index (χ4v) is 2.23. The van der Waals surface area contributed by atoms with Crippen LogP contribution < -0.4 is 11.1 Å². The lowest BCUT2D eigenvalue weighted by Gasteiger charge is -2.13. The van der Waals surface area contributed by atoms with E-state index in [1.807, 2.05) is 30.3 Å². The molecule has 0 spiro atoms. The van der Waals surface area contributed by atoms with Gasteiger partial charge in [0, 0.05) is 4.47 Å². The monoisotopic (exact) mass is 336 g/mol. The second-order valence-corrected chi connectivity index (χ2v) is 5.26. The Hall–Kier alpha value is -1.72. The highest BCUT2D eigenvalue weighted by molar-refractivity contribution is 9.10. The highest BCUT2D eigenvalue weighted by Gasteiger charge is 2.15. The summed E-state index contributed by atoms with van der Waals surface area (Å²) in [6.45, 7) is 0. The molecule has 20 heavy (non-hydrogen) atoms. The third-order valence-electron chi connectivity index (χ3n) is 2.82. The van der Waals surface area contributed by atoms with E-state index in [9.17, 15) is 9.18 Å². The minimum Gasteiger partial charge on any atom is -0.324 e. The molecule has 104 valence electrons. The fraction of sp³-hybridized carbons (Fsp3) is 0.133. The first kappa shape index (κ1) is 14.7. The minimum atomic E-state index is -0.658. The Kier molecular flexibility index (Phi) is 4.87. The third-order valence-corrected chi connectivity index (χ3v) is 3.48. The summed E-state index contributed by atoms with van der Waals surface area (Å²) in [7, 11) is 0. The van der Waals surface area contributed by atoms with Crippen LogP contribution in [-0.2, 0) is 11.2 Å². The number of carbonyl (C=O) groups is 1. The van der Waals surface area contributed by atoms with Crippen LogP contribution in [0.25, 0.3) is 0 Å². The number of hydrogen-bond acceptors (Lipinski definition) is 2. The smallest absolute Gasteiger partial charge is 0.241 e. The summed E-state index contributed by atoms with van der Waals surface area (Å²) < 4.78 is 13.4. The number of nitrogens with one attached hydrogen (secondary N) is 1. The lowest BCUT2D eigenvalue weighted by Crippen LogP contribution is -2.37. The molecule has 0 fully saturated rings. The molecule has 5 heteroatoms. The lowest BCUT2D eigenvalue weighted by molar-refractivity contribution is -0.117. The van der Waals surface area contributed by atoms with E-state index in [1.165, 1.54) is 18.2 Å². The van der Waals surface area contributed by atoms with Gasteiger partial charge in [-0.05, 0) is 46.1 Å². The van der Waals surface area contributed by atoms with Crippen molar-refractivity contribution >= 4 is 27.5 Å². The van der Waals surface area contributed by atoms with Crippen LogP contribution in [0.3, 0.4) is 0 Å². The van der Waals surface area contributed by atoms with E-state index in [2.05, 4.69) is 21.2 Å². The number of hydrogen-bond donors (Lipinski definition) is 2. The first-order valence-electron chi connectivity index (χ1n) is 6.11. The Morgan fingerprint density at radius 2 is 1.95 bits per heavy atom. The molecule has 2 rings (SSSR count). The molecule has 2 aromatic rings. The van der Waals surface area contributed by atoms with Gasteiger partial charge in [0.05, 0.1) is 11.7 Å². The lowest BCUT2D eigenvalue weighted by atomic mass is 10.1. The molecule has 1 unspecified atom stereocenters. The van der Waals surface area contributed by atoms with Crippen LogP contribution in [0.5, 0.6) is 0 Å². The van der Waals surface area contributed by atoms with Crippen molar-refractivity contribution in [3.05, 3.63) is 64.4 Å². The molecule has 1 amide bonds. The third kappa shape index (κ3) is 3.88. The zero-order chi connectivity index (χ0) is 14.5. The van der Waals surface area contributed by atoms with Crippen LogP contribution in [0.1, 0.15) is 5.56 Å². The van der Waals surface area contributed by atoms with Gasteiger partial charge >= 0.3 is 0 Å². The van der Waals surface area contributed by atoms with Gasteiger partial charge in [0.25, 0.3) is 0 Å². The fourth-order valence-electron chi connectivity index (χ4n) is 1.78. The topological polar surface area (TPSA) is 55.1 Å². The number of benzene rings is 2. The van der Waals surface area contributed by atoms with Gasteiger partial charge in [-0.2, -0.15) is 0 Å². The van der Waals surface area contributed by atoms with Gasteiger partial charge in [-0.1, -0.05) is 30.3 Å². The molecule has 0 aliphatic carbocycles. The molecule has 0 bridgehead atoms. The van der Waals surface area contributed by atoms with Gasteiger partial charge in [-0.15, -0.1) is 0 Å². The van der Waals surface area contributed by atoms with E-state index in [1.54, 1.807) is 0 Å². The maximum atomic E-state index is 13.0. The van der Waals surface area contributed by atoms with Crippen LogP contribution in [0, 0.1) is 5.82 Å². The molecule has 0 aromatic heterocycles. The van der Waals surface area contributed by atoms with E-state index >= 15 is 0 Å². The van der Waals surface area contributed by atoms with Crippen LogP contribution in [0.4, 0.5) is 10.1 Å². The quantitative estimate of drug-likeness (QED) is 0.901.